The highest BCUT2D eigenvalue weighted by atomic mass is 16.2. The van der Waals surface area contributed by atoms with Gasteiger partial charge in [-0.2, -0.15) is 5.10 Å². The molecule has 1 N–H and O–H groups in total. The van der Waals surface area contributed by atoms with Crippen LogP contribution in [0.3, 0.4) is 0 Å². The third-order valence-corrected chi connectivity index (χ3v) is 5.72. The molecule has 5 nitrogen and oxygen atoms in total. The SMILES string of the molecule is CCc1c(NC(=O)N2CCC2C2CCCC2)cnn1-c1ccccc1. The van der Waals surface area contributed by atoms with Crippen molar-refractivity contribution < 1.29 is 4.79 Å². The zero-order chi connectivity index (χ0) is 17.2. The van der Waals surface area contributed by atoms with Crippen LogP contribution in [0, 0.1) is 5.92 Å². The van der Waals surface area contributed by atoms with Gasteiger partial charge < -0.3 is 10.2 Å². The minimum absolute atomic E-state index is 0.0328. The fraction of sp³-hybridized carbons (Fsp3) is 0.500. The number of aromatic nitrogens is 2. The Morgan fingerprint density at radius 2 is 1.96 bits per heavy atom. The zero-order valence-corrected chi connectivity index (χ0v) is 14.8. The average molecular weight is 338 g/mol. The van der Waals surface area contributed by atoms with Gasteiger partial charge in [0.15, 0.2) is 0 Å². The van der Waals surface area contributed by atoms with Crippen LogP contribution < -0.4 is 5.32 Å². The molecule has 1 saturated heterocycles. The Bertz CT molecular complexity index is 733. The normalized spacial score (nSPS) is 20.5. The maximum Gasteiger partial charge on any atom is 0.322 e. The van der Waals surface area contributed by atoms with Crippen LogP contribution in [0.2, 0.25) is 0 Å². The summed E-state index contributed by atoms with van der Waals surface area (Å²) in [7, 11) is 0. The number of rotatable bonds is 4. The second-order valence-corrected chi connectivity index (χ2v) is 7.13. The highest BCUT2D eigenvalue weighted by Gasteiger charge is 2.39. The number of benzene rings is 1. The van der Waals surface area contributed by atoms with Crippen LogP contribution in [-0.2, 0) is 6.42 Å². The number of para-hydroxylation sites is 1. The molecular weight excluding hydrogens is 312 g/mol. The van der Waals surface area contributed by atoms with Gasteiger partial charge in [0.1, 0.15) is 0 Å². The van der Waals surface area contributed by atoms with E-state index in [1.807, 2.05) is 39.9 Å². The number of nitrogens with zero attached hydrogens (tertiary/aromatic N) is 3. The van der Waals surface area contributed by atoms with Gasteiger partial charge in [-0.05, 0) is 43.7 Å². The van der Waals surface area contributed by atoms with Crippen molar-refractivity contribution in [2.75, 3.05) is 11.9 Å². The lowest BCUT2D eigenvalue weighted by Gasteiger charge is -2.44. The predicted molar refractivity (Wildman–Crippen MR) is 99.0 cm³/mol. The summed E-state index contributed by atoms with van der Waals surface area (Å²) in [6.45, 7) is 2.97. The first kappa shape index (κ1) is 16.2. The molecule has 1 atom stereocenters. The number of urea groups is 1. The number of hydrogen-bond donors (Lipinski definition) is 1. The van der Waals surface area contributed by atoms with E-state index >= 15 is 0 Å². The Kier molecular flexibility index (Phi) is 4.47. The molecule has 1 saturated carbocycles. The first-order valence-electron chi connectivity index (χ1n) is 9.48. The summed E-state index contributed by atoms with van der Waals surface area (Å²) < 4.78 is 1.92. The molecule has 0 bridgehead atoms. The van der Waals surface area contributed by atoms with E-state index in [0.717, 1.165) is 36.5 Å². The summed E-state index contributed by atoms with van der Waals surface area (Å²) in [4.78, 5) is 14.8. The first-order valence-corrected chi connectivity index (χ1v) is 9.48. The Morgan fingerprint density at radius 1 is 1.20 bits per heavy atom. The van der Waals surface area contributed by atoms with Gasteiger partial charge in [0.25, 0.3) is 0 Å². The largest absolute Gasteiger partial charge is 0.322 e. The van der Waals surface area contributed by atoms with E-state index in [-0.39, 0.29) is 6.03 Å². The van der Waals surface area contributed by atoms with Crippen molar-refractivity contribution in [2.45, 2.75) is 51.5 Å². The number of hydrogen-bond acceptors (Lipinski definition) is 2. The zero-order valence-electron chi connectivity index (χ0n) is 14.8. The molecule has 1 aromatic heterocycles. The fourth-order valence-electron chi connectivity index (χ4n) is 4.29. The van der Waals surface area contributed by atoms with Crippen molar-refractivity contribution in [1.82, 2.24) is 14.7 Å². The molecule has 2 aliphatic rings. The number of carbonyl (C=O) groups excluding carboxylic acids is 1. The van der Waals surface area contributed by atoms with Crippen molar-refractivity contribution in [2.24, 2.45) is 5.92 Å². The molecule has 0 spiro atoms. The molecule has 2 amide bonds. The fourth-order valence-corrected chi connectivity index (χ4v) is 4.29. The molecule has 2 aromatic rings. The van der Waals surface area contributed by atoms with E-state index in [4.69, 9.17) is 0 Å². The summed E-state index contributed by atoms with van der Waals surface area (Å²) in [6.07, 6.45) is 8.94. The molecule has 5 heteroatoms. The number of carbonyl (C=O) groups is 1. The van der Waals surface area contributed by atoms with Crippen LogP contribution in [0.25, 0.3) is 5.69 Å². The van der Waals surface area contributed by atoms with Crippen LogP contribution in [0.15, 0.2) is 36.5 Å². The molecule has 1 aliphatic heterocycles. The maximum atomic E-state index is 12.8. The average Bonchev–Trinajstić information content (AvgIpc) is 3.24. The van der Waals surface area contributed by atoms with Crippen LogP contribution >= 0.6 is 0 Å². The standard InChI is InChI=1S/C20H26N4O/c1-2-18-17(14-21-24(18)16-10-4-3-5-11-16)22-20(25)23-13-12-19(23)15-8-6-7-9-15/h3-5,10-11,14-15,19H,2,6-9,12-13H2,1H3,(H,22,25). The van der Waals surface area contributed by atoms with Gasteiger partial charge >= 0.3 is 6.03 Å². The molecule has 4 rings (SSSR count). The Morgan fingerprint density at radius 3 is 2.60 bits per heavy atom. The summed E-state index contributed by atoms with van der Waals surface area (Å²) in [5.74, 6) is 0.706. The summed E-state index contributed by atoms with van der Waals surface area (Å²) in [5, 5.41) is 7.60. The number of anilines is 1. The quantitative estimate of drug-likeness (QED) is 0.907. The lowest BCUT2D eigenvalue weighted by atomic mass is 9.88. The summed E-state index contributed by atoms with van der Waals surface area (Å²) in [5.41, 5.74) is 2.89. The van der Waals surface area contributed by atoms with Gasteiger partial charge in [0, 0.05) is 12.6 Å². The Balaban J connectivity index is 1.49. The third-order valence-electron chi connectivity index (χ3n) is 5.72. The van der Waals surface area contributed by atoms with Gasteiger partial charge in [0.2, 0.25) is 0 Å². The second kappa shape index (κ2) is 6.90. The topological polar surface area (TPSA) is 50.2 Å². The van der Waals surface area contributed by atoms with Gasteiger partial charge in [-0.1, -0.05) is 38.0 Å². The smallest absolute Gasteiger partial charge is 0.321 e. The lowest BCUT2D eigenvalue weighted by molar-refractivity contribution is 0.0854. The van der Waals surface area contributed by atoms with Gasteiger partial charge in [-0.15, -0.1) is 0 Å². The van der Waals surface area contributed by atoms with Crippen molar-refractivity contribution >= 4 is 11.7 Å². The van der Waals surface area contributed by atoms with Crippen LogP contribution in [-0.4, -0.2) is 33.3 Å². The minimum atomic E-state index is 0.0328. The van der Waals surface area contributed by atoms with Crippen LogP contribution in [0.5, 0.6) is 0 Å². The highest BCUT2D eigenvalue weighted by Crippen LogP contribution is 2.36. The molecule has 1 aliphatic carbocycles. The first-order chi connectivity index (χ1) is 12.3. The van der Waals surface area contributed by atoms with E-state index in [1.165, 1.54) is 25.7 Å². The molecule has 132 valence electrons. The Hall–Kier alpha value is -2.30. The van der Waals surface area contributed by atoms with Gasteiger partial charge in [0.05, 0.1) is 23.3 Å². The maximum absolute atomic E-state index is 12.8. The third kappa shape index (κ3) is 3.03. The molecule has 2 fully saturated rings. The number of nitrogens with one attached hydrogen (secondary N) is 1. The summed E-state index contributed by atoms with van der Waals surface area (Å²) in [6, 6.07) is 10.5. The van der Waals surface area contributed by atoms with Crippen molar-refractivity contribution in [3.05, 3.63) is 42.2 Å². The molecule has 1 aromatic carbocycles. The highest BCUT2D eigenvalue weighted by molar-refractivity contribution is 5.90. The lowest BCUT2D eigenvalue weighted by Crippen LogP contribution is -2.55. The number of amides is 2. The second-order valence-electron chi connectivity index (χ2n) is 7.13. The molecule has 2 heterocycles. The van der Waals surface area contributed by atoms with E-state index in [2.05, 4.69) is 17.3 Å². The summed E-state index contributed by atoms with van der Waals surface area (Å²) >= 11 is 0. The van der Waals surface area contributed by atoms with Crippen LogP contribution in [0.4, 0.5) is 10.5 Å². The molecule has 0 radical (unpaired) electrons. The van der Waals surface area contributed by atoms with Crippen molar-refractivity contribution in [1.29, 1.82) is 0 Å². The van der Waals surface area contributed by atoms with E-state index in [0.29, 0.717) is 12.0 Å². The van der Waals surface area contributed by atoms with Crippen molar-refractivity contribution in [3.63, 3.8) is 0 Å². The van der Waals surface area contributed by atoms with E-state index in [1.54, 1.807) is 6.20 Å². The Labute approximate surface area is 149 Å². The van der Waals surface area contributed by atoms with Crippen molar-refractivity contribution in [3.8, 4) is 5.69 Å². The molecule has 1 unspecified atom stereocenters. The van der Waals surface area contributed by atoms with Crippen LogP contribution in [0.1, 0.15) is 44.7 Å². The van der Waals surface area contributed by atoms with Gasteiger partial charge in [-0.25, -0.2) is 9.48 Å². The monoisotopic (exact) mass is 338 g/mol. The van der Waals surface area contributed by atoms with E-state index in [9.17, 15) is 4.79 Å². The van der Waals surface area contributed by atoms with E-state index < -0.39 is 0 Å². The number of likely N-dealkylation sites (tertiary alicyclic amines) is 1. The molecule has 25 heavy (non-hydrogen) atoms. The predicted octanol–water partition coefficient (Wildman–Crippen LogP) is 4.23. The minimum Gasteiger partial charge on any atom is -0.321 e. The van der Waals surface area contributed by atoms with Gasteiger partial charge in [-0.3, -0.25) is 0 Å². The molecular formula is C20H26N4O.